The van der Waals surface area contributed by atoms with Gasteiger partial charge < -0.3 is 13.9 Å². The Morgan fingerprint density at radius 3 is 2.62 bits per heavy atom. The monoisotopic (exact) mass is 477 g/mol. The molecule has 1 saturated heterocycles. The predicted molar refractivity (Wildman–Crippen MR) is 129 cm³/mol. The first kappa shape index (κ1) is 23.4. The third kappa shape index (κ3) is 5.40. The molecule has 0 unspecified atom stereocenters. The zero-order valence-corrected chi connectivity index (χ0v) is 19.6. The molecule has 0 saturated carbocycles. The molecule has 7 nitrogen and oxygen atoms in total. The van der Waals surface area contributed by atoms with E-state index in [-0.39, 0.29) is 30.3 Å². The Morgan fingerprint density at radius 2 is 1.88 bits per heavy atom. The molecule has 3 aromatic rings. The molecule has 2 heterocycles. The molecule has 1 fully saturated rings. The number of ether oxygens (including phenoxy) is 2. The summed E-state index contributed by atoms with van der Waals surface area (Å²) in [7, 11) is 0. The van der Waals surface area contributed by atoms with Gasteiger partial charge in [0, 0.05) is 11.6 Å². The van der Waals surface area contributed by atoms with Crippen molar-refractivity contribution in [2.75, 3.05) is 19.8 Å². The van der Waals surface area contributed by atoms with E-state index >= 15 is 0 Å². The van der Waals surface area contributed by atoms with Crippen LogP contribution >= 0.6 is 11.8 Å². The molecule has 4 rings (SSSR count). The number of hydrogen-bond acceptors (Lipinski definition) is 7. The molecule has 1 aromatic heterocycles. The quantitative estimate of drug-likeness (QED) is 0.311. The van der Waals surface area contributed by atoms with Gasteiger partial charge in [-0.15, -0.1) is 0 Å². The average Bonchev–Trinajstić information content (AvgIpc) is 3.39. The minimum absolute atomic E-state index is 0.159. The van der Waals surface area contributed by atoms with Gasteiger partial charge in [0.25, 0.3) is 11.1 Å². The number of nitrogens with zero attached hydrogens (tertiary/aromatic N) is 1. The van der Waals surface area contributed by atoms with Crippen molar-refractivity contribution in [3.63, 3.8) is 0 Å². The summed E-state index contributed by atoms with van der Waals surface area (Å²) in [6, 6.07) is 17.9. The fourth-order valence-corrected chi connectivity index (χ4v) is 4.20. The predicted octanol–water partition coefficient (Wildman–Crippen LogP) is 5.55. The SMILES string of the molecule is CCOC(=O)c1ccc(-c2ccc(/C=C3\SC(=O)N(CCOc4cccc(C)c4)C3=O)o2)cc1. The number of furan rings is 1. The summed E-state index contributed by atoms with van der Waals surface area (Å²) < 4.78 is 16.5. The van der Waals surface area contributed by atoms with Crippen LogP contribution in [-0.2, 0) is 9.53 Å². The summed E-state index contributed by atoms with van der Waals surface area (Å²) in [4.78, 5) is 38.3. The number of hydrogen-bond donors (Lipinski definition) is 0. The van der Waals surface area contributed by atoms with Gasteiger partial charge in [-0.1, -0.05) is 24.3 Å². The van der Waals surface area contributed by atoms with Crippen molar-refractivity contribution < 1.29 is 28.3 Å². The van der Waals surface area contributed by atoms with Crippen LogP contribution in [0.1, 0.15) is 28.6 Å². The van der Waals surface area contributed by atoms with Crippen LogP contribution in [0.5, 0.6) is 5.75 Å². The first-order chi connectivity index (χ1) is 16.4. The molecule has 0 spiro atoms. The standard InChI is InChI=1S/C26H23NO6S/c1-3-31-25(29)19-9-7-18(8-10-19)22-12-11-21(33-22)16-23-24(28)27(26(30)34-23)13-14-32-20-6-4-5-17(2)15-20/h4-12,15-16H,3,13-14H2,1-2H3/b23-16-. The zero-order valence-electron chi connectivity index (χ0n) is 18.8. The number of esters is 1. The van der Waals surface area contributed by atoms with Crippen LogP contribution in [0.2, 0.25) is 0 Å². The Labute approximate surface area is 201 Å². The Balaban J connectivity index is 1.39. The van der Waals surface area contributed by atoms with Crippen LogP contribution < -0.4 is 4.74 Å². The highest BCUT2D eigenvalue weighted by atomic mass is 32.2. The Bertz CT molecular complexity index is 1240. The van der Waals surface area contributed by atoms with Crippen molar-refractivity contribution in [3.8, 4) is 17.1 Å². The maximum atomic E-state index is 12.7. The molecular weight excluding hydrogens is 454 g/mol. The molecular formula is C26H23NO6S. The molecule has 8 heteroatoms. The molecule has 2 aromatic carbocycles. The van der Waals surface area contributed by atoms with Crippen LogP contribution in [0, 0.1) is 6.92 Å². The normalized spacial score (nSPS) is 14.6. The second-order valence-corrected chi connectivity index (χ2v) is 8.49. The van der Waals surface area contributed by atoms with Crippen LogP contribution in [0.4, 0.5) is 4.79 Å². The third-order valence-corrected chi connectivity index (χ3v) is 5.93. The van der Waals surface area contributed by atoms with E-state index in [9.17, 15) is 14.4 Å². The van der Waals surface area contributed by atoms with Crippen molar-refractivity contribution in [1.82, 2.24) is 4.90 Å². The number of carbonyl (C=O) groups excluding carboxylic acids is 3. The lowest BCUT2D eigenvalue weighted by Gasteiger charge is -2.13. The number of imide groups is 1. The molecule has 0 radical (unpaired) electrons. The highest BCUT2D eigenvalue weighted by Gasteiger charge is 2.35. The molecule has 1 aliphatic heterocycles. The number of aryl methyl sites for hydroxylation is 1. The van der Waals surface area contributed by atoms with Gasteiger partial charge >= 0.3 is 5.97 Å². The largest absolute Gasteiger partial charge is 0.492 e. The summed E-state index contributed by atoms with van der Waals surface area (Å²) >= 11 is 0.872. The van der Waals surface area contributed by atoms with E-state index in [1.165, 1.54) is 4.90 Å². The Kier molecular flexibility index (Phi) is 7.18. The van der Waals surface area contributed by atoms with Crippen LogP contribution in [0.3, 0.4) is 0 Å². The van der Waals surface area contributed by atoms with Gasteiger partial charge in [-0.25, -0.2) is 4.79 Å². The van der Waals surface area contributed by atoms with E-state index in [1.807, 2.05) is 31.2 Å². The highest BCUT2D eigenvalue weighted by molar-refractivity contribution is 8.18. The van der Waals surface area contributed by atoms with Gasteiger partial charge in [0.05, 0.1) is 23.6 Å². The van der Waals surface area contributed by atoms with E-state index in [4.69, 9.17) is 13.9 Å². The lowest BCUT2D eigenvalue weighted by molar-refractivity contribution is -0.123. The van der Waals surface area contributed by atoms with Gasteiger partial charge in [-0.3, -0.25) is 14.5 Å². The molecule has 2 amide bonds. The average molecular weight is 478 g/mol. The van der Waals surface area contributed by atoms with Crippen molar-refractivity contribution in [1.29, 1.82) is 0 Å². The number of rotatable bonds is 8. The van der Waals surface area contributed by atoms with E-state index in [0.717, 1.165) is 22.9 Å². The third-order valence-electron chi connectivity index (χ3n) is 5.03. The smallest absolute Gasteiger partial charge is 0.338 e. The second kappa shape index (κ2) is 10.4. The van der Waals surface area contributed by atoms with E-state index in [1.54, 1.807) is 49.4 Å². The summed E-state index contributed by atoms with van der Waals surface area (Å²) in [5.74, 6) is 0.966. The molecule has 1 aliphatic rings. The summed E-state index contributed by atoms with van der Waals surface area (Å²) in [5, 5.41) is -0.342. The van der Waals surface area contributed by atoms with Gasteiger partial charge in [-0.05, 0) is 67.6 Å². The number of thioether (sulfide) groups is 1. The minimum Gasteiger partial charge on any atom is -0.492 e. The summed E-state index contributed by atoms with van der Waals surface area (Å²) in [5.41, 5.74) is 2.30. The highest BCUT2D eigenvalue weighted by Crippen LogP contribution is 2.33. The summed E-state index contributed by atoms with van der Waals surface area (Å²) in [6.45, 7) is 4.40. The van der Waals surface area contributed by atoms with Crippen LogP contribution in [0.25, 0.3) is 17.4 Å². The Morgan fingerprint density at radius 1 is 1.09 bits per heavy atom. The first-order valence-electron chi connectivity index (χ1n) is 10.8. The molecule has 0 atom stereocenters. The van der Waals surface area contributed by atoms with Gasteiger partial charge in [0.2, 0.25) is 0 Å². The molecule has 0 N–H and O–H groups in total. The van der Waals surface area contributed by atoms with Crippen molar-refractivity contribution >= 4 is 35.0 Å². The lowest BCUT2D eigenvalue weighted by atomic mass is 10.1. The van der Waals surface area contributed by atoms with Crippen molar-refractivity contribution in [2.24, 2.45) is 0 Å². The Hall–Kier alpha value is -3.78. The van der Waals surface area contributed by atoms with Crippen LogP contribution in [0.15, 0.2) is 70.0 Å². The lowest BCUT2D eigenvalue weighted by Crippen LogP contribution is -2.32. The molecule has 0 bridgehead atoms. The maximum Gasteiger partial charge on any atom is 0.338 e. The molecule has 34 heavy (non-hydrogen) atoms. The number of amides is 2. The van der Waals surface area contributed by atoms with E-state index in [2.05, 4.69) is 0 Å². The number of carbonyl (C=O) groups is 3. The van der Waals surface area contributed by atoms with Gasteiger partial charge in [0.1, 0.15) is 23.9 Å². The van der Waals surface area contributed by atoms with Crippen molar-refractivity contribution in [2.45, 2.75) is 13.8 Å². The fourth-order valence-electron chi connectivity index (χ4n) is 3.35. The zero-order chi connectivity index (χ0) is 24.1. The fraction of sp³-hybridized carbons (Fsp3) is 0.192. The minimum atomic E-state index is -0.380. The van der Waals surface area contributed by atoms with Gasteiger partial charge in [0.15, 0.2) is 0 Å². The molecule has 0 aliphatic carbocycles. The maximum absolute atomic E-state index is 12.7. The summed E-state index contributed by atoms with van der Waals surface area (Å²) in [6.07, 6.45) is 1.56. The van der Waals surface area contributed by atoms with E-state index in [0.29, 0.717) is 34.3 Å². The van der Waals surface area contributed by atoms with E-state index < -0.39 is 0 Å². The van der Waals surface area contributed by atoms with Gasteiger partial charge in [-0.2, -0.15) is 0 Å². The first-order valence-corrected chi connectivity index (χ1v) is 11.6. The van der Waals surface area contributed by atoms with Crippen LogP contribution in [-0.4, -0.2) is 41.8 Å². The number of benzene rings is 2. The topological polar surface area (TPSA) is 86.0 Å². The second-order valence-electron chi connectivity index (χ2n) is 7.50. The van der Waals surface area contributed by atoms with Crippen molar-refractivity contribution in [3.05, 3.63) is 82.5 Å². The molecule has 174 valence electrons.